The number of aromatic nitrogens is 2. The van der Waals surface area contributed by atoms with Crippen LogP contribution in [0.1, 0.15) is 6.92 Å². The molecule has 0 saturated carbocycles. The Labute approximate surface area is 204 Å². The number of halogens is 4. The molecular formula is C23H22ClF3N6O2. The molecule has 1 aromatic carbocycles. The lowest BCUT2D eigenvalue weighted by atomic mass is 10.1. The van der Waals surface area contributed by atoms with E-state index in [1.54, 1.807) is 6.92 Å². The Balaban J connectivity index is 1.82. The van der Waals surface area contributed by atoms with Gasteiger partial charge < -0.3 is 15.7 Å². The summed E-state index contributed by atoms with van der Waals surface area (Å²) in [4.78, 5) is 24.0. The predicted octanol–water partition coefficient (Wildman–Crippen LogP) is 4.31. The number of amides is 2. The number of fused-ring (bicyclic) bond motifs is 3. The highest BCUT2D eigenvalue weighted by atomic mass is 35.5. The average molecular weight is 507 g/mol. The molecule has 0 atom stereocenters. The lowest BCUT2D eigenvalue weighted by Crippen LogP contribution is -2.41. The van der Waals surface area contributed by atoms with Crippen LogP contribution in [-0.4, -0.2) is 53.9 Å². The van der Waals surface area contributed by atoms with Gasteiger partial charge in [-0.05, 0) is 31.2 Å². The number of benzene rings is 1. The molecule has 0 spiro atoms. The van der Waals surface area contributed by atoms with E-state index in [1.807, 2.05) is 0 Å². The van der Waals surface area contributed by atoms with Crippen molar-refractivity contribution in [1.29, 1.82) is 0 Å². The van der Waals surface area contributed by atoms with Crippen molar-refractivity contribution < 1.29 is 23.1 Å². The first-order valence-corrected chi connectivity index (χ1v) is 11.2. The molecular weight excluding hydrogens is 485 g/mol. The van der Waals surface area contributed by atoms with Gasteiger partial charge in [-0.15, -0.1) is 0 Å². The first-order valence-electron chi connectivity index (χ1n) is 10.8. The predicted molar refractivity (Wildman–Crippen MR) is 128 cm³/mol. The van der Waals surface area contributed by atoms with E-state index in [-0.39, 0.29) is 46.6 Å². The highest BCUT2D eigenvalue weighted by Gasteiger charge is 2.37. The third kappa shape index (κ3) is 4.88. The molecule has 0 aliphatic carbocycles. The molecule has 0 radical (unpaired) electrons. The fourth-order valence-electron chi connectivity index (χ4n) is 3.82. The zero-order chi connectivity index (χ0) is 25.1. The zero-order valence-corrected chi connectivity index (χ0v) is 19.4. The van der Waals surface area contributed by atoms with Crippen molar-refractivity contribution in [3.05, 3.63) is 59.1 Å². The number of urea groups is 1. The summed E-state index contributed by atoms with van der Waals surface area (Å²) in [6.45, 7) is 2.92. The number of nitrogens with one attached hydrogen (secondary N) is 2. The van der Waals surface area contributed by atoms with E-state index in [0.29, 0.717) is 19.6 Å². The van der Waals surface area contributed by atoms with Gasteiger partial charge in [0.25, 0.3) is 0 Å². The van der Waals surface area contributed by atoms with Crippen LogP contribution in [0.15, 0.2) is 36.7 Å². The van der Waals surface area contributed by atoms with E-state index in [0.717, 1.165) is 29.3 Å². The van der Waals surface area contributed by atoms with Gasteiger partial charge in [0, 0.05) is 43.6 Å². The van der Waals surface area contributed by atoms with Crippen LogP contribution in [-0.2, 0) is 0 Å². The van der Waals surface area contributed by atoms with Crippen LogP contribution >= 0.6 is 11.6 Å². The summed E-state index contributed by atoms with van der Waals surface area (Å²) in [5.41, 5.74) is -0.198. The van der Waals surface area contributed by atoms with Gasteiger partial charge in [-0.25, -0.2) is 22.9 Å². The standard InChI is InChI=1S/C23H22ClF3N6O2/c1-2-32-22-16(8-14(25)12-31-22)20-19(7-13(24)11-30-20)33(23(32)35)21-17(26)9-15(10-18(21)27)29-4-3-28-5-6-34/h7-12,28-29,34H,2-6H2,1H3. The SMILES string of the molecule is CCN1C(=O)N(c2c(F)cc(NCCNCCO)cc2F)c2cc(Cl)cnc2-c2cc(F)cnc21. The monoisotopic (exact) mass is 506 g/mol. The van der Waals surface area contributed by atoms with Crippen molar-refractivity contribution in [2.45, 2.75) is 6.92 Å². The quantitative estimate of drug-likeness (QED) is 0.394. The third-order valence-corrected chi connectivity index (χ3v) is 5.52. The maximum atomic E-state index is 15.4. The Kier molecular flexibility index (Phi) is 7.39. The van der Waals surface area contributed by atoms with Gasteiger partial charge in [0.15, 0.2) is 11.6 Å². The molecule has 0 saturated heterocycles. The number of anilines is 4. The third-order valence-electron chi connectivity index (χ3n) is 5.32. The summed E-state index contributed by atoms with van der Waals surface area (Å²) in [7, 11) is 0. The number of hydrogen-bond acceptors (Lipinski definition) is 6. The Morgan fingerprint density at radius 3 is 2.46 bits per heavy atom. The minimum Gasteiger partial charge on any atom is -0.395 e. The number of carbonyl (C=O) groups excluding carboxylic acids is 1. The lowest BCUT2D eigenvalue weighted by molar-refractivity contribution is 0.253. The van der Waals surface area contributed by atoms with Crippen molar-refractivity contribution >= 4 is 40.5 Å². The summed E-state index contributed by atoms with van der Waals surface area (Å²) in [5.74, 6) is -2.57. The average Bonchev–Trinajstić information content (AvgIpc) is 2.91. The van der Waals surface area contributed by atoms with E-state index in [9.17, 15) is 9.18 Å². The highest BCUT2D eigenvalue weighted by molar-refractivity contribution is 6.31. The number of carbonyl (C=O) groups is 1. The molecule has 1 aliphatic rings. The molecule has 184 valence electrons. The molecule has 3 heterocycles. The molecule has 1 aliphatic heterocycles. The van der Waals surface area contributed by atoms with Crippen molar-refractivity contribution in [3.8, 4) is 11.3 Å². The van der Waals surface area contributed by atoms with E-state index < -0.39 is 29.2 Å². The first-order chi connectivity index (χ1) is 16.8. The number of rotatable bonds is 8. The zero-order valence-electron chi connectivity index (χ0n) is 18.7. The van der Waals surface area contributed by atoms with E-state index in [2.05, 4.69) is 20.6 Å². The lowest BCUT2D eigenvalue weighted by Gasteiger charge is -2.28. The Morgan fingerprint density at radius 2 is 1.77 bits per heavy atom. The van der Waals surface area contributed by atoms with Crippen LogP contribution in [0.5, 0.6) is 0 Å². The molecule has 3 aromatic rings. The summed E-state index contributed by atoms with van der Waals surface area (Å²) in [5, 5.41) is 14.7. The van der Waals surface area contributed by atoms with E-state index >= 15 is 8.78 Å². The van der Waals surface area contributed by atoms with Gasteiger partial charge in [0.2, 0.25) is 0 Å². The van der Waals surface area contributed by atoms with Gasteiger partial charge >= 0.3 is 6.03 Å². The molecule has 8 nitrogen and oxygen atoms in total. The number of nitrogens with zero attached hydrogens (tertiary/aromatic N) is 4. The van der Waals surface area contributed by atoms with Gasteiger partial charge in [0.05, 0.1) is 29.2 Å². The van der Waals surface area contributed by atoms with Crippen molar-refractivity contribution in [1.82, 2.24) is 15.3 Å². The number of aliphatic hydroxyl groups excluding tert-OH is 1. The molecule has 0 unspecified atom stereocenters. The smallest absolute Gasteiger partial charge is 0.335 e. The molecule has 0 fully saturated rings. The Morgan fingerprint density at radius 1 is 1.03 bits per heavy atom. The summed E-state index contributed by atoms with van der Waals surface area (Å²) < 4.78 is 44.9. The molecule has 2 aromatic heterocycles. The molecule has 12 heteroatoms. The van der Waals surface area contributed by atoms with Crippen LogP contribution in [0.2, 0.25) is 5.02 Å². The molecule has 3 N–H and O–H groups in total. The van der Waals surface area contributed by atoms with Crippen molar-refractivity contribution in [2.75, 3.05) is 47.9 Å². The van der Waals surface area contributed by atoms with Crippen LogP contribution in [0.3, 0.4) is 0 Å². The minimum atomic E-state index is -1.00. The van der Waals surface area contributed by atoms with Crippen LogP contribution in [0, 0.1) is 17.5 Å². The van der Waals surface area contributed by atoms with E-state index in [4.69, 9.17) is 16.7 Å². The highest BCUT2D eigenvalue weighted by Crippen LogP contribution is 2.44. The van der Waals surface area contributed by atoms with Crippen molar-refractivity contribution in [2.24, 2.45) is 0 Å². The van der Waals surface area contributed by atoms with Gasteiger partial charge in [-0.1, -0.05) is 11.6 Å². The maximum absolute atomic E-state index is 15.4. The van der Waals surface area contributed by atoms with Crippen LogP contribution in [0.4, 0.5) is 40.8 Å². The maximum Gasteiger partial charge on any atom is 0.335 e. The fourth-order valence-corrected chi connectivity index (χ4v) is 3.98. The van der Waals surface area contributed by atoms with Crippen LogP contribution < -0.4 is 20.4 Å². The summed E-state index contributed by atoms with van der Waals surface area (Å²) >= 11 is 6.13. The second-order valence-corrected chi connectivity index (χ2v) is 8.03. The topological polar surface area (TPSA) is 93.6 Å². The molecule has 2 amide bonds. The molecule has 4 rings (SSSR count). The number of pyridine rings is 2. The van der Waals surface area contributed by atoms with Gasteiger partial charge in [-0.2, -0.15) is 0 Å². The van der Waals surface area contributed by atoms with Crippen LogP contribution in [0.25, 0.3) is 11.3 Å². The Hall–Kier alpha value is -3.41. The van der Waals surface area contributed by atoms with Gasteiger partial charge in [-0.3, -0.25) is 14.8 Å². The minimum absolute atomic E-state index is 0.0150. The first kappa shape index (κ1) is 24.7. The molecule has 0 bridgehead atoms. The van der Waals surface area contributed by atoms with E-state index in [1.165, 1.54) is 17.2 Å². The number of hydrogen-bond donors (Lipinski definition) is 3. The normalized spacial score (nSPS) is 12.9. The fraction of sp³-hybridized carbons (Fsp3) is 0.261. The Bertz CT molecular complexity index is 1240. The second kappa shape index (κ2) is 10.5. The van der Waals surface area contributed by atoms with Gasteiger partial charge in [0.1, 0.15) is 17.3 Å². The summed E-state index contributed by atoms with van der Waals surface area (Å²) in [6, 6.07) is 3.84. The second-order valence-electron chi connectivity index (χ2n) is 7.60. The summed E-state index contributed by atoms with van der Waals surface area (Å²) in [6.07, 6.45) is 2.25. The number of aliphatic hydroxyl groups is 1. The molecule has 35 heavy (non-hydrogen) atoms. The largest absolute Gasteiger partial charge is 0.395 e. The van der Waals surface area contributed by atoms with Crippen molar-refractivity contribution in [3.63, 3.8) is 0 Å².